The van der Waals surface area contributed by atoms with E-state index in [4.69, 9.17) is 9.47 Å². The molecule has 2 fully saturated rings. The van der Waals surface area contributed by atoms with E-state index in [1.165, 1.54) is 6.07 Å². The van der Waals surface area contributed by atoms with Crippen LogP contribution in [0.1, 0.15) is 58.9 Å². The first-order valence-electron chi connectivity index (χ1n) is 9.51. The monoisotopic (exact) mass is 382 g/mol. The molecule has 0 radical (unpaired) electrons. The Balaban J connectivity index is 1.64. The topological polar surface area (TPSA) is 118 Å². The molecule has 2 saturated heterocycles. The average molecular weight is 382 g/mol. The lowest BCUT2D eigenvalue weighted by Gasteiger charge is -2.36. The summed E-state index contributed by atoms with van der Waals surface area (Å²) in [5.41, 5.74) is -1.46. The zero-order chi connectivity index (χ0) is 20.0. The summed E-state index contributed by atoms with van der Waals surface area (Å²) in [7, 11) is 0. The van der Waals surface area contributed by atoms with E-state index >= 15 is 0 Å². The second-order valence-electron chi connectivity index (χ2n) is 8.94. The fourth-order valence-electron chi connectivity index (χ4n) is 4.22. The van der Waals surface area contributed by atoms with Gasteiger partial charge in [-0.05, 0) is 58.3 Å². The Morgan fingerprint density at radius 1 is 1.37 bits per heavy atom. The molecule has 3 rings (SSSR count). The van der Waals surface area contributed by atoms with Crippen LogP contribution in [0, 0.1) is 10.1 Å². The molecular formula is C19H30N2O6. The van der Waals surface area contributed by atoms with Gasteiger partial charge in [-0.1, -0.05) is 0 Å². The number of nitrogens with one attached hydrogen (secondary N) is 1. The SMILES string of the molecule is CC(C)(O)[C@@H]1CC[C@@](C)([C@H]2CC[C@@](C)([C@H](O)Cc3c[nH]c([N+](=O)[O-])c3)O2)O1. The highest BCUT2D eigenvalue weighted by Gasteiger charge is 2.53. The molecule has 2 aliphatic rings. The highest BCUT2D eigenvalue weighted by atomic mass is 16.6. The second kappa shape index (κ2) is 6.84. The van der Waals surface area contributed by atoms with E-state index in [-0.39, 0.29) is 24.4 Å². The zero-order valence-electron chi connectivity index (χ0n) is 16.4. The molecule has 0 spiro atoms. The summed E-state index contributed by atoms with van der Waals surface area (Å²) in [6.07, 6.45) is 3.65. The van der Waals surface area contributed by atoms with Crippen molar-refractivity contribution in [2.24, 2.45) is 0 Å². The molecule has 5 atom stereocenters. The molecule has 0 saturated carbocycles. The molecule has 1 aromatic heterocycles. The van der Waals surface area contributed by atoms with E-state index in [0.29, 0.717) is 12.0 Å². The summed E-state index contributed by atoms with van der Waals surface area (Å²) in [5, 5.41) is 31.8. The summed E-state index contributed by atoms with van der Waals surface area (Å²) >= 11 is 0. The first kappa shape index (κ1) is 20.3. The Morgan fingerprint density at radius 2 is 2.07 bits per heavy atom. The Labute approximate surface area is 159 Å². The Bertz CT molecular complexity index is 699. The maximum Gasteiger partial charge on any atom is 0.321 e. The average Bonchev–Trinajstić information content (AvgIpc) is 3.26. The number of aliphatic hydroxyl groups excluding tert-OH is 1. The van der Waals surface area contributed by atoms with Gasteiger partial charge in [0.1, 0.15) is 0 Å². The van der Waals surface area contributed by atoms with Crippen LogP contribution in [0.15, 0.2) is 12.3 Å². The van der Waals surface area contributed by atoms with Gasteiger partial charge in [0.25, 0.3) is 0 Å². The number of rotatable bonds is 6. The second-order valence-corrected chi connectivity index (χ2v) is 8.94. The fraction of sp³-hybridized carbons (Fsp3) is 0.789. The number of hydrogen-bond acceptors (Lipinski definition) is 6. The first-order chi connectivity index (χ1) is 12.4. The molecular weight excluding hydrogens is 352 g/mol. The Kier molecular flexibility index (Phi) is 5.14. The molecule has 0 aliphatic carbocycles. The third-order valence-electron chi connectivity index (χ3n) is 6.16. The van der Waals surface area contributed by atoms with Crippen molar-refractivity contribution in [2.45, 2.75) is 94.9 Å². The van der Waals surface area contributed by atoms with E-state index < -0.39 is 27.8 Å². The number of aromatic amines is 1. The molecule has 2 aliphatic heterocycles. The number of nitro groups is 1. The lowest BCUT2D eigenvalue weighted by Crippen LogP contribution is -2.47. The largest absolute Gasteiger partial charge is 0.390 e. The summed E-state index contributed by atoms with van der Waals surface area (Å²) in [6.45, 7) is 7.40. The molecule has 152 valence electrons. The van der Waals surface area contributed by atoms with E-state index in [1.807, 2.05) is 13.8 Å². The van der Waals surface area contributed by atoms with Gasteiger partial charge in [-0.15, -0.1) is 0 Å². The molecule has 8 heteroatoms. The van der Waals surface area contributed by atoms with Crippen LogP contribution in [0.5, 0.6) is 0 Å². The quantitative estimate of drug-likeness (QED) is 0.514. The smallest absolute Gasteiger partial charge is 0.321 e. The molecule has 0 unspecified atom stereocenters. The summed E-state index contributed by atoms with van der Waals surface area (Å²) in [6, 6.07) is 1.44. The van der Waals surface area contributed by atoms with Crippen LogP contribution in [0.4, 0.5) is 5.82 Å². The van der Waals surface area contributed by atoms with Crippen LogP contribution in [-0.2, 0) is 15.9 Å². The van der Waals surface area contributed by atoms with Gasteiger partial charge in [-0.3, -0.25) is 0 Å². The first-order valence-corrected chi connectivity index (χ1v) is 9.51. The summed E-state index contributed by atoms with van der Waals surface area (Å²) in [4.78, 5) is 12.9. The minimum Gasteiger partial charge on any atom is -0.390 e. The zero-order valence-corrected chi connectivity index (χ0v) is 16.4. The van der Waals surface area contributed by atoms with E-state index in [1.54, 1.807) is 20.0 Å². The number of aliphatic hydroxyl groups is 2. The minimum atomic E-state index is -0.901. The van der Waals surface area contributed by atoms with E-state index in [2.05, 4.69) is 4.98 Å². The fourth-order valence-corrected chi connectivity index (χ4v) is 4.22. The Hall–Kier alpha value is -1.48. The van der Waals surface area contributed by atoms with Gasteiger partial charge in [-0.25, -0.2) is 4.98 Å². The van der Waals surface area contributed by atoms with Gasteiger partial charge < -0.3 is 29.8 Å². The molecule has 0 bridgehead atoms. The van der Waals surface area contributed by atoms with Crippen LogP contribution in [0.3, 0.4) is 0 Å². The van der Waals surface area contributed by atoms with Gasteiger partial charge in [0.15, 0.2) is 0 Å². The number of aromatic nitrogens is 1. The maximum atomic E-state index is 10.8. The van der Waals surface area contributed by atoms with Crippen LogP contribution >= 0.6 is 0 Å². The summed E-state index contributed by atoms with van der Waals surface area (Å²) in [5.74, 6) is -0.0860. The summed E-state index contributed by atoms with van der Waals surface area (Å²) < 4.78 is 12.5. The minimum absolute atomic E-state index is 0.0860. The third-order valence-corrected chi connectivity index (χ3v) is 6.16. The van der Waals surface area contributed by atoms with Crippen molar-refractivity contribution in [3.8, 4) is 0 Å². The number of ether oxygens (including phenoxy) is 2. The number of nitrogens with zero attached hydrogens (tertiary/aromatic N) is 1. The van der Waals surface area contributed by atoms with E-state index in [9.17, 15) is 20.3 Å². The lowest BCUT2D eigenvalue weighted by atomic mass is 9.89. The molecule has 27 heavy (non-hydrogen) atoms. The highest BCUT2D eigenvalue weighted by molar-refractivity contribution is 5.27. The molecule has 8 nitrogen and oxygen atoms in total. The molecule has 3 N–H and O–H groups in total. The highest BCUT2D eigenvalue weighted by Crippen LogP contribution is 2.46. The molecule has 0 amide bonds. The predicted molar refractivity (Wildman–Crippen MR) is 98.5 cm³/mol. The molecule has 1 aromatic rings. The van der Waals surface area contributed by atoms with Gasteiger partial charge in [-0.2, -0.15) is 0 Å². The Morgan fingerprint density at radius 3 is 2.63 bits per heavy atom. The van der Waals surface area contributed by atoms with Crippen LogP contribution in [0.2, 0.25) is 0 Å². The van der Waals surface area contributed by atoms with Crippen LogP contribution in [0.25, 0.3) is 0 Å². The van der Waals surface area contributed by atoms with Crippen molar-refractivity contribution in [2.75, 3.05) is 0 Å². The molecule has 0 aromatic carbocycles. The standard InChI is InChI=1S/C19H30N2O6/c1-17(2,23)14-5-8-19(4,26-14)15-6-7-18(3,27-15)13(22)9-12-10-16(20-11-12)21(24)25/h10-11,13-15,20,22-23H,5-9H2,1-4H3/t13-,14+,15-,18+,19+/m1/s1. The van der Waals surface area contributed by atoms with Crippen molar-refractivity contribution in [1.82, 2.24) is 4.98 Å². The van der Waals surface area contributed by atoms with Gasteiger partial charge >= 0.3 is 5.82 Å². The van der Waals surface area contributed by atoms with Crippen LogP contribution in [-0.4, -0.2) is 55.2 Å². The number of H-pyrrole nitrogens is 1. The van der Waals surface area contributed by atoms with Crippen molar-refractivity contribution < 1.29 is 24.6 Å². The van der Waals surface area contributed by atoms with Crippen molar-refractivity contribution >= 4 is 5.82 Å². The van der Waals surface area contributed by atoms with Gasteiger partial charge in [0.05, 0.1) is 41.3 Å². The van der Waals surface area contributed by atoms with Gasteiger partial charge in [0.2, 0.25) is 0 Å². The normalized spacial score (nSPS) is 35.5. The van der Waals surface area contributed by atoms with Crippen molar-refractivity contribution in [3.05, 3.63) is 27.9 Å². The maximum absolute atomic E-state index is 10.8. The van der Waals surface area contributed by atoms with Crippen molar-refractivity contribution in [1.29, 1.82) is 0 Å². The van der Waals surface area contributed by atoms with Crippen LogP contribution < -0.4 is 0 Å². The predicted octanol–water partition coefficient (Wildman–Crippen LogP) is 2.47. The number of hydrogen-bond donors (Lipinski definition) is 3. The lowest BCUT2D eigenvalue weighted by molar-refractivity contribution is -0.389. The van der Waals surface area contributed by atoms with Gasteiger partial charge in [0, 0.05) is 18.1 Å². The third kappa shape index (κ3) is 4.03. The van der Waals surface area contributed by atoms with Crippen molar-refractivity contribution in [3.63, 3.8) is 0 Å². The van der Waals surface area contributed by atoms with E-state index in [0.717, 1.165) is 19.3 Å². The molecule has 3 heterocycles.